The van der Waals surface area contributed by atoms with Crippen molar-refractivity contribution >= 4 is 16.7 Å². The molecular formula is C21H26N6O. The number of nitrogen functional groups attached to an aromatic ring is 1. The van der Waals surface area contributed by atoms with E-state index in [9.17, 15) is 0 Å². The van der Waals surface area contributed by atoms with Gasteiger partial charge in [0, 0.05) is 42.2 Å². The molecule has 2 fully saturated rings. The van der Waals surface area contributed by atoms with Gasteiger partial charge in [-0.1, -0.05) is 6.07 Å². The topological polar surface area (TPSA) is 92.9 Å². The van der Waals surface area contributed by atoms with Crippen molar-refractivity contribution in [3.05, 3.63) is 36.4 Å². The summed E-state index contributed by atoms with van der Waals surface area (Å²) in [6, 6.07) is 6.84. The second-order valence-electron chi connectivity index (χ2n) is 7.84. The predicted molar refractivity (Wildman–Crippen MR) is 109 cm³/mol. The molecule has 7 nitrogen and oxygen atoms in total. The van der Waals surface area contributed by atoms with E-state index in [-0.39, 0.29) is 0 Å². The van der Waals surface area contributed by atoms with Crippen LogP contribution in [-0.4, -0.2) is 57.4 Å². The van der Waals surface area contributed by atoms with E-state index >= 15 is 0 Å². The second-order valence-corrected chi connectivity index (χ2v) is 7.84. The van der Waals surface area contributed by atoms with Gasteiger partial charge in [-0.15, -0.1) is 0 Å². The number of nitrogens with zero attached hydrogens (tertiary/aromatic N) is 4. The zero-order chi connectivity index (χ0) is 18.9. The van der Waals surface area contributed by atoms with Gasteiger partial charge in [0.2, 0.25) is 0 Å². The Balaban J connectivity index is 1.34. The molecule has 1 saturated carbocycles. The van der Waals surface area contributed by atoms with Gasteiger partial charge in [0.15, 0.2) is 0 Å². The van der Waals surface area contributed by atoms with E-state index in [1.165, 1.54) is 12.8 Å². The smallest absolute Gasteiger partial charge is 0.135 e. The summed E-state index contributed by atoms with van der Waals surface area (Å²) in [4.78, 5) is 12.2. The molecule has 146 valence electrons. The third kappa shape index (κ3) is 3.36. The van der Waals surface area contributed by atoms with Crippen molar-refractivity contribution in [1.82, 2.24) is 25.1 Å². The zero-order valence-corrected chi connectivity index (χ0v) is 16.0. The Bertz CT molecular complexity index is 943. The van der Waals surface area contributed by atoms with Gasteiger partial charge in [-0.2, -0.15) is 5.10 Å². The average molecular weight is 378 g/mol. The number of aromatic nitrogens is 4. The molecule has 3 heterocycles. The fourth-order valence-electron chi connectivity index (χ4n) is 4.58. The number of H-pyrrole nitrogens is 1. The normalized spacial score (nSPS) is 23.9. The van der Waals surface area contributed by atoms with Crippen LogP contribution in [0.3, 0.4) is 0 Å². The number of nitrogens with two attached hydrogens (primary N) is 1. The van der Waals surface area contributed by atoms with Gasteiger partial charge in [0.1, 0.15) is 11.6 Å². The molecule has 1 aliphatic heterocycles. The summed E-state index contributed by atoms with van der Waals surface area (Å²) in [5.74, 6) is 1.87. The van der Waals surface area contributed by atoms with Crippen LogP contribution >= 0.6 is 0 Å². The Morgan fingerprint density at radius 1 is 1.04 bits per heavy atom. The van der Waals surface area contributed by atoms with Gasteiger partial charge in [-0.05, 0) is 43.4 Å². The van der Waals surface area contributed by atoms with Crippen molar-refractivity contribution in [2.75, 3.05) is 32.0 Å². The minimum atomic E-state index is 0.401. The number of hydrogen-bond acceptors (Lipinski definition) is 6. The molecule has 0 amide bonds. The highest BCUT2D eigenvalue weighted by Gasteiger charge is 2.29. The maximum atomic E-state index is 6.33. The lowest BCUT2D eigenvalue weighted by molar-refractivity contribution is 0.00712. The number of morpholine rings is 1. The summed E-state index contributed by atoms with van der Waals surface area (Å²) in [6.07, 6.45) is 8.33. The second kappa shape index (κ2) is 7.48. The highest BCUT2D eigenvalue weighted by molar-refractivity contribution is 5.91. The van der Waals surface area contributed by atoms with E-state index in [2.05, 4.69) is 27.2 Å². The van der Waals surface area contributed by atoms with E-state index in [4.69, 9.17) is 20.4 Å². The van der Waals surface area contributed by atoms with E-state index in [0.717, 1.165) is 67.0 Å². The molecule has 1 saturated heterocycles. The lowest BCUT2D eigenvalue weighted by Gasteiger charge is -2.38. The Morgan fingerprint density at radius 3 is 2.61 bits per heavy atom. The average Bonchev–Trinajstić information content (AvgIpc) is 3.29. The Hall–Kier alpha value is -2.51. The van der Waals surface area contributed by atoms with Crippen molar-refractivity contribution in [3.8, 4) is 11.1 Å². The molecule has 5 rings (SSSR count). The number of benzene rings is 1. The van der Waals surface area contributed by atoms with Crippen LogP contribution in [0.15, 0.2) is 30.6 Å². The summed E-state index contributed by atoms with van der Waals surface area (Å²) >= 11 is 0. The molecule has 7 heteroatoms. The van der Waals surface area contributed by atoms with Crippen LogP contribution in [0.1, 0.15) is 37.4 Å². The van der Waals surface area contributed by atoms with Crippen LogP contribution in [0.5, 0.6) is 0 Å². The molecule has 0 bridgehead atoms. The summed E-state index contributed by atoms with van der Waals surface area (Å²) in [6.45, 7) is 3.86. The van der Waals surface area contributed by atoms with Gasteiger partial charge >= 0.3 is 0 Å². The van der Waals surface area contributed by atoms with Crippen LogP contribution in [0.25, 0.3) is 22.0 Å². The number of fused-ring (bicyclic) bond motifs is 1. The molecule has 1 aromatic carbocycles. The highest BCUT2D eigenvalue weighted by atomic mass is 16.5. The number of aromatic amines is 1. The van der Waals surface area contributed by atoms with E-state index < -0.39 is 0 Å². The lowest BCUT2D eigenvalue weighted by Crippen LogP contribution is -2.44. The van der Waals surface area contributed by atoms with Gasteiger partial charge in [-0.25, -0.2) is 9.97 Å². The molecule has 0 spiro atoms. The minimum Gasteiger partial charge on any atom is -0.383 e. The molecule has 0 atom stereocenters. The maximum Gasteiger partial charge on any atom is 0.135 e. The molecule has 2 aliphatic rings. The molecule has 3 aromatic rings. The third-order valence-electron chi connectivity index (χ3n) is 6.20. The van der Waals surface area contributed by atoms with Crippen LogP contribution in [0.2, 0.25) is 0 Å². The fraction of sp³-hybridized carbons (Fsp3) is 0.476. The van der Waals surface area contributed by atoms with Crippen LogP contribution in [-0.2, 0) is 4.74 Å². The van der Waals surface area contributed by atoms with Crippen LogP contribution < -0.4 is 5.73 Å². The maximum absolute atomic E-state index is 6.33. The molecule has 3 N–H and O–H groups in total. The number of ether oxygens (including phenoxy) is 1. The molecule has 2 aromatic heterocycles. The Morgan fingerprint density at radius 2 is 1.86 bits per heavy atom. The van der Waals surface area contributed by atoms with Crippen molar-refractivity contribution in [2.45, 2.75) is 37.6 Å². The molecule has 0 radical (unpaired) electrons. The first-order valence-electron chi connectivity index (χ1n) is 10.2. The lowest BCUT2D eigenvalue weighted by atomic mass is 9.84. The Labute approximate surface area is 164 Å². The number of hydrogen-bond donors (Lipinski definition) is 2. The number of anilines is 1. The summed E-state index contributed by atoms with van der Waals surface area (Å²) in [5, 5.41) is 7.77. The third-order valence-corrected chi connectivity index (χ3v) is 6.20. The van der Waals surface area contributed by atoms with Crippen LogP contribution in [0, 0.1) is 0 Å². The Kier molecular flexibility index (Phi) is 4.70. The SMILES string of the molecule is Nc1nc(C2CCC(N3CCOCC3)CC2)nc2ccc(-c3cn[nH]c3)cc12. The summed E-state index contributed by atoms with van der Waals surface area (Å²) in [7, 11) is 0. The fourth-order valence-corrected chi connectivity index (χ4v) is 4.58. The summed E-state index contributed by atoms with van der Waals surface area (Å²) < 4.78 is 5.49. The first-order valence-corrected chi connectivity index (χ1v) is 10.2. The largest absolute Gasteiger partial charge is 0.383 e. The molecule has 1 aliphatic carbocycles. The van der Waals surface area contributed by atoms with E-state index in [1.807, 2.05) is 12.3 Å². The van der Waals surface area contributed by atoms with Crippen molar-refractivity contribution in [2.24, 2.45) is 0 Å². The van der Waals surface area contributed by atoms with Gasteiger partial charge < -0.3 is 10.5 Å². The molecule has 0 unspecified atom stereocenters. The predicted octanol–water partition coefficient (Wildman–Crippen LogP) is 2.96. The summed E-state index contributed by atoms with van der Waals surface area (Å²) in [5.41, 5.74) is 9.35. The molecular weight excluding hydrogens is 352 g/mol. The first kappa shape index (κ1) is 17.6. The quantitative estimate of drug-likeness (QED) is 0.728. The number of nitrogens with one attached hydrogen (secondary N) is 1. The van der Waals surface area contributed by atoms with Crippen molar-refractivity contribution < 1.29 is 4.74 Å². The van der Waals surface area contributed by atoms with E-state index in [0.29, 0.717) is 17.8 Å². The van der Waals surface area contributed by atoms with E-state index in [1.54, 1.807) is 6.20 Å². The van der Waals surface area contributed by atoms with Gasteiger partial charge in [-0.3, -0.25) is 10.00 Å². The minimum absolute atomic E-state index is 0.401. The number of rotatable bonds is 3. The highest BCUT2D eigenvalue weighted by Crippen LogP contribution is 2.35. The first-order chi connectivity index (χ1) is 13.8. The van der Waals surface area contributed by atoms with Gasteiger partial charge in [0.05, 0.1) is 24.9 Å². The van der Waals surface area contributed by atoms with Crippen molar-refractivity contribution in [3.63, 3.8) is 0 Å². The monoisotopic (exact) mass is 378 g/mol. The zero-order valence-electron chi connectivity index (χ0n) is 16.0. The van der Waals surface area contributed by atoms with Crippen LogP contribution in [0.4, 0.5) is 5.82 Å². The van der Waals surface area contributed by atoms with Gasteiger partial charge in [0.25, 0.3) is 0 Å². The standard InChI is InChI=1S/C21H26N6O/c22-20-18-11-15(16-12-23-24-13-16)3-6-19(18)25-21(26-20)14-1-4-17(5-2-14)27-7-9-28-10-8-27/h3,6,11-14,17H,1-2,4-5,7-10H2,(H,23,24)(H2,22,25,26). The molecule has 28 heavy (non-hydrogen) atoms. The van der Waals surface area contributed by atoms with Crippen molar-refractivity contribution in [1.29, 1.82) is 0 Å².